The lowest BCUT2D eigenvalue weighted by Crippen LogP contribution is -2.46. The number of aromatic nitrogens is 2. The molecule has 0 unspecified atom stereocenters. The van der Waals surface area contributed by atoms with Crippen molar-refractivity contribution in [2.75, 3.05) is 36.0 Å². The van der Waals surface area contributed by atoms with Crippen molar-refractivity contribution in [1.82, 2.24) is 9.97 Å². The normalized spacial score (nSPS) is 15.2. The third-order valence-corrected chi connectivity index (χ3v) is 4.41. The Bertz CT molecular complexity index is 822. The lowest BCUT2D eigenvalue weighted by Gasteiger charge is -2.36. The molecule has 23 heavy (non-hydrogen) atoms. The van der Waals surface area contributed by atoms with Gasteiger partial charge in [-0.2, -0.15) is 0 Å². The summed E-state index contributed by atoms with van der Waals surface area (Å²) in [4.78, 5) is 14.1. The van der Waals surface area contributed by atoms with E-state index in [1.165, 1.54) is 11.3 Å². The topological polar surface area (TPSA) is 32.3 Å². The summed E-state index contributed by atoms with van der Waals surface area (Å²) >= 11 is 0. The Morgan fingerprint density at radius 1 is 0.826 bits per heavy atom. The first kappa shape index (κ1) is 14.0. The molecule has 0 atom stereocenters. The van der Waals surface area contributed by atoms with E-state index in [2.05, 4.69) is 46.0 Å². The summed E-state index contributed by atoms with van der Waals surface area (Å²) in [5.74, 6) is 0.979. The number of aryl methyl sites for hydroxylation is 1. The Morgan fingerprint density at radius 2 is 1.57 bits per heavy atom. The highest BCUT2D eigenvalue weighted by Gasteiger charge is 2.18. The number of para-hydroxylation sites is 2. The molecule has 2 aromatic carbocycles. The van der Waals surface area contributed by atoms with Crippen LogP contribution in [0, 0.1) is 6.92 Å². The number of piperazine rings is 1. The van der Waals surface area contributed by atoms with Gasteiger partial charge in [0.15, 0.2) is 0 Å². The maximum atomic E-state index is 4.76. The highest BCUT2D eigenvalue weighted by Crippen LogP contribution is 2.21. The van der Waals surface area contributed by atoms with Crippen LogP contribution >= 0.6 is 0 Å². The zero-order valence-corrected chi connectivity index (χ0v) is 13.3. The minimum atomic E-state index is 0.953. The molecule has 0 radical (unpaired) electrons. The standard InChI is InChI=1S/C19H20N4/c1-15-5-4-6-16(13-15)22-9-11-23(12-10-22)19-14-20-17-7-2-3-8-18(17)21-19/h2-8,13-14H,9-12H2,1H3. The zero-order chi connectivity index (χ0) is 15.6. The summed E-state index contributed by atoms with van der Waals surface area (Å²) in [5, 5.41) is 0. The lowest BCUT2D eigenvalue weighted by molar-refractivity contribution is 0.647. The van der Waals surface area contributed by atoms with Crippen molar-refractivity contribution in [2.45, 2.75) is 6.92 Å². The van der Waals surface area contributed by atoms with Crippen LogP contribution in [-0.4, -0.2) is 36.1 Å². The van der Waals surface area contributed by atoms with Crippen LogP contribution in [0.1, 0.15) is 5.56 Å². The smallest absolute Gasteiger partial charge is 0.147 e. The summed E-state index contributed by atoms with van der Waals surface area (Å²) < 4.78 is 0. The van der Waals surface area contributed by atoms with E-state index in [0.29, 0.717) is 0 Å². The molecule has 1 aliphatic rings. The molecule has 0 saturated carbocycles. The molecule has 3 aromatic rings. The van der Waals surface area contributed by atoms with Crippen LogP contribution in [0.4, 0.5) is 11.5 Å². The summed E-state index contributed by atoms with van der Waals surface area (Å²) in [5.41, 5.74) is 4.54. The van der Waals surface area contributed by atoms with E-state index >= 15 is 0 Å². The van der Waals surface area contributed by atoms with Crippen molar-refractivity contribution in [3.8, 4) is 0 Å². The predicted octanol–water partition coefficient (Wildman–Crippen LogP) is 3.26. The number of nitrogens with zero attached hydrogens (tertiary/aromatic N) is 4. The van der Waals surface area contributed by atoms with Crippen LogP contribution in [0.3, 0.4) is 0 Å². The van der Waals surface area contributed by atoms with Gasteiger partial charge in [-0.3, -0.25) is 4.98 Å². The van der Waals surface area contributed by atoms with Crippen molar-refractivity contribution in [1.29, 1.82) is 0 Å². The van der Waals surface area contributed by atoms with Gasteiger partial charge in [-0.25, -0.2) is 4.98 Å². The fourth-order valence-corrected chi connectivity index (χ4v) is 3.12. The van der Waals surface area contributed by atoms with Crippen LogP contribution < -0.4 is 9.80 Å². The molecule has 116 valence electrons. The quantitative estimate of drug-likeness (QED) is 0.727. The van der Waals surface area contributed by atoms with Crippen LogP contribution in [0.15, 0.2) is 54.7 Å². The molecule has 2 heterocycles. The minimum Gasteiger partial charge on any atom is -0.368 e. The number of anilines is 2. The van der Waals surface area contributed by atoms with Crippen molar-refractivity contribution < 1.29 is 0 Å². The average molecular weight is 304 g/mol. The molecule has 0 bridgehead atoms. The van der Waals surface area contributed by atoms with E-state index in [1.807, 2.05) is 30.5 Å². The third kappa shape index (κ3) is 2.84. The second-order valence-electron chi connectivity index (χ2n) is 6.03. The lowest BCUT2D eigenvalue weighted by atomic mass is 10.2. The summed E-state index contributed by atoms with van der Waals surface area (Å²) in [6, 6.07) is 16.8. The first-order valence-corrected chi connectivity index (χ1v) is 8.08. The van der Waals surface area contributed by atoms with E-state index in [1.54, 1.807) is 0 Å². The van der Waals surface area contributed by atoms with E-state index in [-0.39, 0.29) is 0 Å². The van der Waals surface area contributed by atoms with Gasteiger partial charge in [0, 0.05) is 31.9 Å². The molecule has 0 spiro atoms. The van der Waals surface area contributed by atoms with Crippen molar-refractivity contribution in [3.63, 3.8) is 0 Å². The Kier molecular flexibility index (Phi) is 3.58. The number of fused-ring (bicyclic) bond motifs is 1. The zero-order valence-electron chi connectivity index (χ0n) is 13.3. The number of rotatable bonds is 2. The number of benzene rings is 2. The number of hydrogen-bond acceptors (Lipinski definition) is 4. The highest BCUT2D eigenvalue weighted by molar-refractivity contribution is 5.75. The predicted molar refractivity (Wildman–Crippen MR) is 95.1 cm³/mol. The highest BCUT2D eigenvalue weighted by atomic mass is 15.3. The molecule has 0 N–H and O–H groups in total. The molecule has 4 rings (SSSR count). The molecular weight excluding hydrogens is 284 g/mol. The molecule has 1 aromatic heterocycles. The van der Waals surface area contributed by atoms with Crippen molar-refractivity contribution >= 4 is 22.5 Å². The fraction of sp³-hybridized carbons (Fsp3) is 0.263. The molecule has 1 fully saturated rings. The van der Waals surface area contributed by atoms with Crippen LogP contribution in [0.2, 0.25) is 0 Å². The largest absolute Gasteiger partial charge is 0.368 e. The van der Waals surface area contributed by atoms with Gasteiger partial charge in [-0.05, 0) is 36.8 Å². The van der Waals surface area contributed by atoms with Crippen LogP contribution in [0.25, 0.3) is 11.0 Å². The van der Waals surface area contributed by atoms with Gasteiger partial charge >= 0.3 is 0 Å². The summed E-state index contributed by atoms with van der Waals surface area (Å²) in [6.45, 7) is 6.11. The molecular formula is C19H20N4. The molecule has 4 heteroatoms. The Hall–Kier alpha value is -2.62. The van der Waals surface area contributed by atoms with Crippen molar-refractivity contribution in [3.05, 3.63) is 60.3 Å². The molecule has 1 aliphatic heterocycles. The van der Waals surface area contributed by atoms with Gasteiger partial charge in [-0.1, -0.05) is 24.3 Å². The van der Waals surface area contributed by atoms with Crippen LogP contribution in [-0.2, 0) is 0 Å². The molecule has 0 amide bonds. The van der Waals surface area contributed by atoms with E-state index < -0.39 is 0 Å². The fourth-order valence-electron chi connectivity index (χ4n) is 3.12. The first-order valence-electron chi connectivity index (χ1n) is 8.08. The maximum Gasteiger partial charge on any atom is 0.147 e. The summed E-state index contributed by atoms with van der Waals surface area (Å²) in [7, 11) is 0. The Labute approximate surface area is 136 Å². The second-order valence-corrected chi connectivity index (χ2v) is 6.03. The monoisotopic (exact) mass is 304 g/mol. The third-order valence-electron chi connectivity index (χ3n) is 4.41. The van der Waals surface area contributed by atoms with Gasteiger partial charge in [-0.15, -0.1) is 0 Å². The Morgan fingerprint density at radius 3 is 2.35 bits per heavy atom. The Balaban J connectivity index is 1.50. The minimum absolute atomic E-state index is 0.953. The van der Waals surface area contributed by atoms with Crippen LogP contribution in [0.5, 0.6) is 0 Å². The van der Waals surface area contributed by atoms with Gasteiger partial charge in [0.1, 0.15) is 5.82 Å². The SMILES string of the molecule is Cc1cccc(N2CCN(c3cnc4ccccc4n3)CC2)c1. The first-order chi connectivity index (χ1) is 11.3. The van der Waals surface area contributed by atoms with Gasteiger partial charge in [0.25, 0.3) is 0 Å². The molecule has 4 nitrogen and oxygen atoms in total. The van der Waals surface area contributed by atoms with E-state index in [9.17, 15) is 0 Å². The summed E-state index contributed by atoms with van der Waals surface area (Å²) in [6.07, 6.45) is 1.89. The average Bonchev–Trinajstić information content (AvgIpc) is 2.61. The van der Waals surface area contributed by atoms with E-state index in [4.69, 9.17) is 4.98 Å². The maximum absolute atomic E-state index is 4.76. The van der Waals surface area contributed by atoms with Crippen molar-refractivity contribution in [2.24, 2.45) is 0 Å². The molecule has 1 saturated heterocycles. The van der Waals surface area contributed by atoms with E-state index in [0.717, 1.165) is 43.0 Å². The number of hydrogen-bond donors (Lipinski definition) is 0. The molecule has 0 aliphatic carbocycles. The van der Waals surface area contributed by atoms with Gasteiger partial charge in [0.05, 0.1) is 17.2 Å². The van der Waals surface area contributed by atoms with Gasteiger partial charge in [0.2, 0.25) is 0 Å². The van der Waals surface area contributed by atoms with Gasteiger partial charge < -0.3 is 9.80 Å². The second kappa shape index (κ2) is 5.88.